The molecule has 0 radical (unpaired) electrons. The second kappa shape index (κ2) is 9.54. The highest BCUT2D eigenvalue weighted by molar-refractivity contribution is 6.35. The van der Waals surface area contributed by atoms with Crippen molar-refractivity contribution < 1.29 is 14.5 Å². The van der Waals surface area contributed by atoms with E-state index in [0.29, 0.717) is 11.7 Å². The molecular formula is C22H18Cl2N6O4. The number of hydrogen-bond donors (Lipinski definition) is 1. The van der Waals surface area contributed by atoms with Crippen molar-refractivity contribution in [3.63, 3.8) is 0 Å². The molecule has 0 saturated heterocycles. The Kier molecular flexibility index (Phi) is 6.53. The summed E-state index contributed by atoms with van der Waals surface area (Å²) in [5, 5.41) is 23.3. The lowest BCUT2D eigenvalue weighted by molar-refractivity contribution is -0.384. The molecule has 2 aromatic heterocycles. The Morgan fingerprint density at radius 3 is 2.59 bits per heavy atom. The zero-order chi connectivity index (χ0) is 24.4. The molecule has 4 rings (SSSR count). The van der Waals surface area contributed by atoms with Crippen molar-refractivity contribution in [3.05, 3.63) is 92.0 Å². The first-order chi connectivity index (χ1) is 16.2. The molecule has 0 unspecified atom stereocenters. The maximum absolute atomic E-state index is 12.7. The summed E-state index contributed by atoms with van der Waals surface area (Å²) >= 11 is 12.0. The Bertz CT molecular complexity index is 1400. The Balaban J connectivity index is 1.53. The van der Waals surface area contributed by atoms with E-state index in [4.69, 9.17) is 27.9 Å². The second-order valence-electron chi connectivity index (χ2n) is 7.41. The Morgan fingerprint density at radius 1 is 1.12 bits per heavy atom. The van der Waals surface area contributed by atoms with Gasteiger partial charge in [0.15, 0.2) is 5.69 Å². The summed E-state index contributed by atoms with van der Waals surface area (Å²) in [5.41, 5.74) is 1.87. The number of nitro benzene ring substituents is 1. The number of rotatable bonds is 7. The lowest BCUT2D eigenvalue weighted by Crippen LogP contribution is -2.15. The van der Waals surface area contributed by atoms with Gasteiger partial charge in [-0.2, -0.15) is 10.2 Å². The number of hydrogen-bond acceptors (Lipinski definition) is 6. The van der Waals surface area contributed by atoms with Crippen LogP contribution in [-0.4, -0.2) is 30.4 Å². The van der Waals surface area contributed by atoms with E-state index in [1.807, 2.05) is 19.9 Å². The molecule has 34 heavy (non-hydrogen) atoms. The molecule has 0 atom stereocenters. The number of non-ortho nitro benzene ring substituents is 1. The van der Waals surface area contributed by atoms with Gasteiger partial charge in [-0.25, -0.2) is 4.68 Å². The van der Waals surface area contributed by atoms with Crippen molar-refractivity contribution in [2.75, 3.05) is 5.32 Å². The Labute approximate surface area is 203 Å². The number of anilines is 1. The van der Waals surface area contributed by atoms with Crippen molar-refractivity contribution >= 4 is 40.5 Å². The quantitative estimate of drug-likeness (QED) is 0.265. The molecule has 0 aliphatic rings. The SMILES string of the molecule is Cc1cc(C)n(Cn2ccc(C(=O)Nc3cc(Oc4ccc(Cl)cc4Cl)cc([N+](=O)[O-])c3)n2)n1. The minimum Gasteiger partial charge on any atom is -0.455 e. The van der Waals surface area contributed by atoms with Crippen LogP contribution in [0.5, 0.6) is 11.5 Å². The number of nitrogens with zero attached hydrogens (tertiary/aromatic N) is 5. The van der Waals surface area contributed by atoms with Gasteiger partial charge < -0.3 is 10.1 Å². The largest absolute Gasteiger partial charge is 0.455 e. The zero-order valence-corrected chi connectivity index (χ0v) is 19.5. The Hall–Kier alpha value is -3.89. The molecule has 4 aromatic rings. The molecule has 174 valence electrons. The summed E-state index contributed by atoms with van der Waals surface area (Å²) in [4.78, 5) is 23.6. The van der Waals surface area contributed by atoms with Crippen LogP contribution in [0.2, 0.25) is 10.0 Å². The number of carbonyl (C=O) groups is 1. The third-order valence-corrected chi connectivity index (χ3v) is 5.27. The number of amides is 1. The number of nitrogens with one attached hydrogen (secondary N) is 1. The van der Waals surface area contributed by atoms with Crippen molar-refractivity contribution in [3.8, 4) is 11.5 Å². The van der Waals surface area contributed by atoms with Crippen LogP contribution >= 0.6 is 23.2 Å². The molecule has 0 aliphatic heterocycles. The van der Waals surface area contributed by atoms with Crippen molar-refractivity contribution in [1.29, 1.82) is 0 Å². The van der Waals surface area contributed by atoms with Gasteiger partial charge in [0.05, 0.1) is 27.4 Å². The lowest BCUT2D eigenvalue weighted by atomic mass is 10.2. The van der Waals surface area contributed by atoms with E-state index in [-0.39, 0.29) is 33.6 Å². The number of nitro groups is 1. The van der Waals surface area contributed by atoms with Crippen LogP contribution in [0.15, 0.2) is 54.7 Å². The third kappa shape index (κ3) is 5.36. The number of aryl methyl sites for hydroxylation is 2. The number of ether oxygens (including phenoxy) is 1. The van der Waals surface area contributed by atoms with Crippen LogP contribution < -0.4 is 10.1 Å². The molecule has 0 saturated carbocycles. The van der Waals surface area contributed by atoms with E-state index in [1.165, 1.54) is 30.3 Å². The maximum atomic E-state index is 12.7. The number of benzene rings is 2. The first kappa shape index (κ1) is 23.3. The van der Waals surface area contributed by atoms with Gasteiger partial charge in [0.2, 0.25) is 0 Å². The van der Waals surface area contributed by atoms with Crippen LogP contribution in [-0.2, 0) is 6.67 Å². The second-order valence-corrected chi connectivity index (χ2v) is 8.26. The molecule has 0 aliphatic carbocycles. The summed E-state index contributed by atoms with van der Waals surface area (Å²) in [6.45, 7) is 4.16. The minimum atomic E-state index is -0.588. The van der Waals surface area contributed by atoms with Crippen molar-refractivity contribution in [2.45, 2.75) is 20.5 Å². The number of aromatic nitrogens is 4. The third-order valence-electron chi connectivity index (χ3n) is 4.74. The van der Waals surface area contributed by atoms with Gasteiger partial charge in [-0.05, 0) is 44.2 Å². The van der Waals surface area contributed by atoms with Gasteiger partial charge in [0.1, 0.15) is 18.2 Å². The van der Waals surface area contributed by atoms with Crippen LogP contribution in [0.3, 0.4) is 0 Å². The molecule has 12 heteroatoms. The van der Waals surface area contributed by atoms with E-state index < -0.39 is 10.8 Å². The standard InChI is InChI=1S/C22H18Cl2N6O4/c1-13-7-14(2)29(26-13)12-28-6-5-20(27-28)22(31)25-16-9-17(30(32)33)11-18(10-16)34-21-4-3-15(23)8-19(21)24/h3-11H,12H2,1-2H3,(H,25,31). The molecule has 0 fully saturated rings. The number of halogens is 2. The smallest absolute Gasteiger partial charge is 0.276 e. The molecule has 10 nitrogen and oxygen atoms in total. The van der Waals surface area contributed by atoms with Crippen LogP contribution in [0.1, 0.15) is 21.9 Å². The molecule has 2 heterocycles. The topological polar surface area (TPSA) is 117 Å². The average Bonchev–Trinajstić information content (AvgIpc) is 3.36. The maximum Gasteiger partial charge on any atom is 0.276 e. The van der Waals surface area contributed by atoms with Gasteiger partial charge in [0, 0.05) is 29.0 Å². The van der Waals surface area contributed by atoms with Crippen LogP contribution in [0.4, 0.5) is 11.4 Å². The molecule has 0 spiro atoms. The summed E-state index contributed by atoms with van der Waals surface area (Å²) < 4.78 is 9.02. The highest BCUT2D eigenvalue weighted by Crippen LogP contribution is 2.34. The fourth-order valence-electron chi connectivity index (χ4n) is 3.22. The fraction of sp³-hybridized carbons (Fsp3) is 0.136. The van der Waals surface area contributed by atoms with Gasteiger partial charge in [-0.1, -0.05) is 23.2 Å². The highest BCUT2D eigenvalue weighted by atomic mass is 35.5. The van der Waals surface area contributed by atoms with Gasteiger partial charge in [-0.3, -0.25) is 19.6 Å². The molecule has 2 aromatic carbocycles. The van der Waals surface area contributed by atoms with E-state index in [9.17, 15) is 14.9 Å². The minimum absolute atomic E-state index is 0.115. The van der Waals surface area contributed by atoms with Crippen molar-refractivity contribution in [1.82, 2.24) is 19.6 Å². The molecule has 1 amide bonds. The predicted molar refractivity (Wildman–Crippen MR) is 127 cm³/mol. The summed E-state index contributed by atoms with van der Waals surface area (Å²) in [6, 6.07) is 12.0. The lowest BCUT2D eigenvalue weighted by Gasteiger charge is -2.10. The highest BCUT2D eigenvalue weighted by Gasteiger charge is 2.16. The van der Waals surface area contributed by atoms with Crippen LogP contribution in [0.25, 0.3) is 0 Å². The predicted octanol–water partition coefficient (Wildman–Crippen LogP) is 5.46. The zero-order valence-electron chi connectivity index (χ0n) is 18.0. The molecular weight excluding hydrogens is 483 g/mol. The van der Waals surface area contributed by atoms with Gasteiger partial charge in [0.25, 0.3) is 11.6 Å². The van der Waals surface area contributed by atoms with E-state index in [1.54, 1.807) is 27.7 Å². The van der Waals surface area contributed by atoms with Gasteiger partial charge in [-0.15, -0.1) is 0 Å². The number of carbonyl (C=O) groups excluding carboxylic acids is 1. The Morgan fingerprint density at radius 2 is 1.91 bits per heavy atom. The molecule has 1 N–H and O–H groups in total. The fourth-order valence-corrected chi connectivity index (χ4v) is 3.66. The molecule has 0 bridgehead atoms. The van der Waals surface area contributed by atoms with E-state index >= 15 is 0 Å². The van der Waals surface area contributed by atoms with Crippen LogP contribution in [0, 0.1) is 24.0 Å². The normalized spacial score (nSPS) is 10.8. The summed E-state index contributed by atoms with van der Waals surface area (Å²) in [6.07, 6.45) is 1.65. The summed E-state index contributed by atoms with van der Waals surface area (Å²) in [7, 11) is 0. The van der Waals surface area contributed by atoms with Crippen molar-refractivity contribution in [2.24, 2.45) is 0 Å². The monoisotopic (exact) mass is 500 g/mol. The van der Waals surface area contributed by atoms with E-state index in [0.717, 1.165) is 11.4 Å². The average molecular weight is 501 g/mol. The first-order valence-electron chi connectivity index (χ1n) is 9.96. The van der Waals surface area contributed by atoms with Gasteiger partial charge >= 0.3 is 0 Å². The van der Waals surface area contributed by atoms with E-state index in [2.05, 4.69) is 15.5 Å². The first-order valence-corrected chi connectivity index (χ1v) is 10.7. The summed E-state index contributed by atoms with van der Waals surface area (Å²) in [5.74, 6) is -0.168.